The van der Waals surface area contributed by atoms with E-state index in [-0.39, 0.29) is 5.48 Å². The van der Waals surface area contributed by atoms with Gasteiger partial charge in [-0.3, -0.25) is 0 Å². The predicted octanol–water partition coefficient (Wildman–Crippen LogP) is 16.3. The number of unbranched alkanes of at least 4 members (excludes halogenated alkanes) is 6. The molecule has 0 fully saturated rings. The van der Waals surface area contributed by atoms with Gasteiger partial charge in [-0.05, 0) is 25.7 Å². The maximum absolute atomic E-state index is 7.00. The van der Waals surface area contributed by atoms with Crippen molar-refractivity contribution < 1.29 is 5.48 Å². The van der Waals surface area contributed by atoms with Crippen molar-refractivity contribution in [3.05, 3.63) is 60.5 Å². The molecule has 0 aromatic rings. The van der Waals surface area contributed by atoms with E-state index in [1.165, 1.54) is 77.0 Å². The van der Waals surface area contributed by atoms with Crippen LogP contribution in [0.1, 0.15) is 214 Å². The Morgan fingerprint density at radius 1 is 0.279 bits per heavy atom. The van der Waals surface area contributed by atoms with Gasteiger partial charge < -0.3 is 5.48 Å². The maximum atomic E-state index is 7.00. The third kappa shape index (κ3) is 828. The summed E-state index contributed by atoms with van der Waals surface area (Å²) in [6.07, 6.45) is 27.7. The molecular formula is C40H95O3+. The van der Waals surface area contributed by atoms with Gasteiger partial charge in [0.15, 0.2) is 0 Å². The minimum Gasteiger partial charge on any atom is -0.457 e. The van der Waals surface area contributed by atoms with Crippen LogP contribution < -0.4 is 0 Å². The second-order valence-electron chi connectivity index (χ2n) is 8.79. The van der Waals surface area contributed by atoms with Crippen molar-refractivity contribution in [2.75, 3.05) is 0 Å². The highest BCUT2D eigenvalue weighted by Gasteiger charge is 1.58. The fourth-order valence-electron chi connectivity index (χ4n) is 0. The third-order valence-corrected chi connectivity index (χ3v) is 4.15. The molecule has 3 heteroatoms. The number of hydrogen-bond acceptors (Lipinski definition) is 2. The lowest BCUT2D eigenvalue weighted by Gasteiger charge is -1.68. The van der Waals surface area contributed by atoms with Crippen LogP contribution in [0.25, 0.3) is 0 Å². The summed E-state index contributed by atoms with van der Waals surface area (Å²) in [5.41, 5.74) is 0. The summed E-state index contributed by atoms with van der Waals surface area (Å²) in [7, 11) is 0. The van der Waals surface area contributed by atoms with Crippen molar-refractivity contribution >= 4 is 0 Å². The predicted molar refractivity (Wildman–Crippen MR) is 217 cm³/mol. The Balaban J connectivity index is -0.0000000246. The van der Waals surface area contributed by atoms with Crippen LogP contribution >= 0.6 is 0 Å². The highest BCUT2D eigenvalue weighted by Crippen LogP contribution is 1.79. The second-order valence-corrected chi connectivity index (χ2v) is 8.79. The molecular weight excluding hydrogens is 528 g/mol. The molecule has 0 aliphatic heterocycles. The van der Waals surface area contributed by atoms with Crippen molar-refractivity contribution in [3.63, 3.8) is 0 Å². The number of allylic oxidation sites excluding steroid dienone is 4. The molecule has 0 saturated carbocycles. The van der Waals surface area contributed by atoms with Crippen molar-refractivity contribution in [2.24, 2.45) is 0 Å². The molecule has 0 aromatic carbocycles. The topological polar surface area (TPSA) is 67.1 Å². The van der Waals surface area contributed by atoms with Crippen molar-refractivity contribution in [1.82, 2.24) is 0 Å². The molecule has 0 aliphatic carbocycles. The SMILES string of the molecule is C=CCC.C=CCC.C=CCC.C=CCC.CCCC.CCCC.CCCC.CCCC.CCCC.CCCC.O=O.[OH3+]. The first kappa shape index (κ1) is 78.2. The second kappa shape index (κ2) is 185. The van der Waals surface area contributed by atoms with Crippen molar-refractivity contribution in [2.45, 2.75) is 214 Å². The van der Waals surface area contributed by atoms with E-state index in [1.54, 1.807) is 0 Å². The monoisotopic (exact) mass is 624 g/mol. The lowest BCUT2D eigenvalue weighted by molar-refractivity contribution is 0.686. The molecule has 43 heavy (non-hydrogen) atoms. The first-order valence-electron chi connectivity index (χ1n) is 17.7. The van der Waals surface area contributed by atoms with E-state index >= 15 is 0 Å². The normalized spacial score (nSPS) is 6.60. The third-order valence-electron chi connectivity index (χ3n) is 4.15. The highest BCUT2D eigenvalue weighted by atomic mass is 16.7. The van der Waals surface area contributed by atoms with E-state index in [9.17, 15) is 0 Å². The molecule has 0 atom stereocenters. The summed E-state index contributed by atoms with van der Waals surface area (Å²) in [6, 6.07) is 0. The van der Waals surface area contributed by atoms with Crippen molar-refractivity contribution in [1.29, 1.82) is 0 Å². The zero-order valence-corrected chi connectivity index (χ0v) is 33.8. The highest BCUT2D eigenvalue weighted by molar-refractivity contribution is 4.61. The van der Waals surface area contributed by atoms with Crippen LogP contribution in [0.4, 0.5) is 0 Å². The molecule has 0 radical (unpaired) electrons. The summed E-state index contributed by atoms with van der Waals surface area (Å²) >= 11 is 0. The largest absolute Gasteiger partial charge is 0.457 e. The first-order chi connectivity index (χ1) is 20.1. The maximum Gasteiger partial charge on any atom is 0 e. The van der Waals surface area contributed by atoms with Gasteiger partial charge in [0.1, 0.15) is 0 Å². The molecule has 0 bridgehead atoms. The van der Waals surface area contributed by atoms with E-state index in [0.29, 0.717) is 0 Å². The van der Waals surface area contributed by atoms with Crippen LogP contribution in [0.5, 0.6) is 0 Å². The smallest absolute Gasteiger partial charge is 0 e. The van der Waals surface area contributed by atoms with Gasteiger partial charge in [-0.25, -0.2) is 0 Å². The van der Waals surface area contributed by atoms with Crippen LogP contribution in [0.3, 0.4) is 0 Å². The van der Waals surface area contributed by atoms with E-state index in [2.05, 4.69) is 137 Å². The minimum absolute atomic E-state index is 0. The van der Waals surface area contributed by atoms with E-state index in [0.717, 1.165) is 25.7 Å². The van der Waals surface area contributed by atoms with Crippen molar-refractivity contribution in [3.8, 4) is 0 Å². The Morgan fingerprint density at radius 2 is 0.326 bits per heavy atom. The summed E-state index contributed by atoms with van der Waals surface area (Å²) in [5.74, 6) is 0. The van der Waals surface area contributed by atoms with Crippen LogP contribution in [0, 0.1) is 9.93 Å². The first-order valence-corrected chi connectivity index (χ1v) is 17.7. The average molecular weight is 624 g/mol. The van der Waals surface area contributed by atoms with Gasteiger partial charge in [-0.2, -0.15) is 0 Å². The van der Waals surface area contributed by atoms with Crippen LogP contribution in [0.15, 0.2) is 50.6 Å². The fourth-order valence-corrected chi connectivity index (χ4v) is 0. The van der Waals surface area contributed by atoms with Crippen LogP contribution in [0.2, 0.25) is 0 Å². The molecule has 0 aliphatic rings. The Morgan fingerprint density at radius 3 is 0.326 bits per heavy atom. The van der Waals surface area contributed by atoms with Gasteiger partial charge >= 0.3 is 0 Å². The summed E-state index contributed by atoms with van der Waals surface area (Å²) in [6.45, 7) is 48.3. The molecule has 0 amide bonds. The Hall–Kier alpha value is -1.48. The lowest BCUT2D eigenvalue weighted by atomic mass is 10.4. The van der Waals surface area contributed by atoms with Gasteiger partial charge in [0, 0.05) is 9.93 Å². The number of rotatable bonds is 10. The van der Waals surface area contributed by atoms with Gasteiger partial charge in [-0.1, -0.05) is 212 Å². The zero-order valence-electron chi connectivity index (χ0n) is 33.8. The molecule has 0 unspecified atom stereocenters. The molecule has 0 heterocycles. The molecule has 3 nitrogen and oxygen atoms in total. The zero-order chi connectivity index (χ0) is 36.1. The summed E-state index contributed by atoms with van der Waals surface area (Å²) in [4.78, 5) is 14.0. The quantitative estimate of drug-likeness (QED) is 0.179. The van der Waals surface area contributed by atoms with Gasteiger partial charge in [0.25, 0.3) is 0 Å². The Labute approximate surface area is 279 Å². The average Bonchev–Trinajstić information content (AvgIpc) is 3.09. The van der Waals surface area contributed by atoms with Gasteiger partial charge in [0.05, 0.1) is 0 Å². The molecule has 272 valence electrons. The standard InChI is InChI=1S/6C4H10.4C4H8.O2.H2O/c10*1-3-4-2;1-2;/h6*3-4H2,1-2H3;4*3H,1,4H2,2H3;;1H2/p+1. The minimum atomic E-state index is 0. The molecule has 0 saturated heterocycles. The summed E-state index contributed by atoms with van der Waals surface area (Å²) < 4.78 is 0. The van der Waals surface area contributed by atoms with Crippen LogP contribution in [-0.4, -0.2) is 0 Å². The Kier molecular flexibility index (Phi) is 336. The number of hydrogen-bond donors (Lipinski definition) is 0. The van der Waals surface area contributed by atoms with E-state index in [4.69, 9.17) is 9.93 Å². The van der Waals surface area contributed by atoms with E-state index in [1.807, 2.05) is 24.3 Å². The summed E-state index contributed by atoms with van der Waals surface area (Å²) in [5, 5.41) is 0. The molecule has 0 aromatic heterocycles. The lowest BCUT2D eigenvalue weighted by Crippen LogP contribution is -1.47. The van der Waals surface area contributed by atoms with Gasteiger partial charge in [-0.15, -0.1) is 26.3 Å². The molecule has 3 N–H and O–H groups in total. The van der Waals surface area contributed by atoms with E-state index < -0.39 is 0 Å². The van der Waals surface area contributed by atoms with Gasteiger partial charge in [0.2, 0.25) is 0 Å². The van der Waals surface area contributed by atoms with Crippen LogP contribution in [-0.2, 0) is 5.48 Å². The Bertz CT molecular complexity index is 214. The molecule has 0 spiro atoms. The molecule has 0 rings (SSSR count). The fraction of sp³-hybridized carbons (Fsp3) is 0.800.